The number of carbonyl (C=O) groups is 5. The molecule has 208 valence electrons. The number of rotatable bonds is 5. The average Bonchev–Trinajstić information content (AvgIpc) is 3.03. The van der Waals surface area contributed by atoms with E-state index in [1.807, 2.05) is 20.8 Å². The molecule has 0 aromatic heterocycles. The Bertz CT molecular complexity index is 1210. The van der Waals surface area contributed by atoms with Crippen molar-refractivity contribution in [1.29, 1.82) is 0 Å². The highest BCUT2D eigenvalue weighted by atomic mass is 16.4. The zero-order chi connectivity index (χ0) is 28.7. The molecule has 0 heterocycles. The van der Waals surface area contributed by atoms with Crippen molar-refractivity contribution in [3.8, 4) is 0 Å². The summed E-state index contributed by atoms with van der Waals surface area (Å²) < 4.78 is 0. The molecule has 38 heavy (non-hydrogen) atoms. The van der Waals surface area contributed by atoms with Crippen molar-refractivity contribution >= 4 is 29.1 Å². The van der Waals surface area contributed by atoms with Crippen molar-refractivity contribution in [2.45, 2.75) is 92.8 Å². The molecule has 0 aliphatic heterocycles. The van der Waals surface area contributed by atoms with E-state index in [1.165, 1.54) is 13.0 Å². The third-order valence-corrected chi connectivity index (χ3v) is 11.1. The number of carboxylic acids is 1. The van der Waals surface area contributed by atoms with Gasteiger partial charge in [-0.1, -0.05) is 40.2 Å². The second kappa shape index (κ2) is 8.78. The van der Waals surface area contributed by atoms with Crippen LogP contribution < -0.4 is 0 Å². The molecule has 0 saturated heterocycles. The van der Waals surface area contributed by atoms with E-state index in [4.69, 9.17) is 5.11 Å². The number of hydrogen-bond acceptors (Lipinski definition) is 7. The van der Waals surface area contributed by atoms with Gasteiger partial charge in [0.15, 0.2) is 11.6 Å². The highest BCUT2D eigenvalue weighted by Crippen LogP contribution is 2.70. The van der Waals surface area contributed by atoms with Crippen LogP contribution in [0.5, 0.6) is 0 Å². The number of aliphatic hydroxyl groups is 2. The SMILES string of the molecule is C/C(=C\C(=O)C[C@H](C)C(=O)O)C1CC(=O)[C@@]2(C)C3=C(C(=O)[C@@H](O)[C@]12C)[C@@]1(C)CCC(=O)C(C)(C)C1C[C@@H]3O. The van der Waals surface area contributed by atoms with Crippen molar-refractivity contribution < 1.29 is 39.3 Å². The van der Waals surface area contributed by atoms with Gasteiger partial charge in [0.05, 0.1) is 17.4 Å². The van der Waals surface area contributed by atoms with Crippen LogP contribution in [-0.2, 0) is 24.0 Å². The Morgan fingerprint density at radius 3 is 2.24 bits per heavy atom. The van der Waals surface area contributed by atoms with Gasteiger partial charge in [0, 0.05) is 41.1 Å². The van der Waals surface area contributed by atoms with Crippen molar-refractivity contribution in [3.05, 3.63) is 22.8 Å². The Labute approximate surface area is 223 Å². The predicted octanol–water partition coefficient (Wildman–Crippen LogP) is 3.23. The van der Waals surface area contributed by atoms with Gasteiger partial charge in [-0.25, -0.2) is 0 Å². The average molecular weight is 529 g/mol. The molecule has 0 spiro atoms. The van der Waals surface area contributed by atoms with E-state index < -0.39 is 63.2 Å². The largest absolute Gasteiger partial charge is 0.481 e. The summed E-state index contributed by atoms with van der Waals surface area (Å²) in [6.07, 6.45) is -0.647. The minimum Gasteiger partial charge on any atom is -0.481 e. The van der Waals surface area contributed by atoms with Gasteiger partial charge in [-0.15, -0.1) is 0 Å². The van der Waals surface area contributed by atoms with Crippen molar-refractivity contribution in [1.82, 2.24) is 0 Å². The summed E-state index contributed by atoms with van der Waals surface area (Å²) in [6, 6.07) is 0. The van der Waals surface area contributed by atoms with Gasteiger partial charge < -0.3 is 15.3 Å². The fourth-order valence-corrected chi connectivity index (χ4v) is 8.53. The van der Waals surface area contributed by atoms with Gasteiger partial charge >= 0.3 is 5.97 Å². The third-order valence-electron chi connectivity index (χ3n) is 11.1. The number of Topliss-reactive ketones (excluding diaryl/α,β-unsaturated/α-hetero) is 3. The number of carbonyl (C=O) groups excluding carboxylic acids is 4. The molecule has 0 amide bonds. The Morgan fingerprint density at radius 1 is 1.05 bits per heavy atom. The normalized spacial score (nSPS) is 41.4. The zero-order valence-electron chi connectivity index (χ0n) is 23.4. The van der Waals surface area contributed by atoms with Crippen LogP contribution >= 0.6 is 0 Å². The first kappa shape index (κ1) is 28.6. The summed E-state index contributed by atoms with van der Waals surface area (Å²) >= 11 is 0. The molecule has 0 aromatic carbocycles. The van der Waals surface area contributed by atoms with Gasteiger partial charge in [0.25, 0.3) is 0 Å². The second-order valence-corrected chi connectivity index (χ2v) is 13.3. The quantitative estimate of drug-likeness (QED) is 0.461. The van der Waals surface area contributed by atoms with Crippen LogP contribution in [0.1, 0.15) is 80.6 Å². The maximum Gasteiger partial charge on any atom is 0.306 e. The number of carboxylic acid groups (broad SMARTS) is 1. The van der Waals surface area contributed by atoms with Crippen molar-refractivity contribution in [2.75, 3.05) is 0 Å². The van der Waals surface area contributed by atoms with Crippen LogP contribution in [0.15, 0.2) is 22.8 Å². The Kier molecular flexibility index (Phi) is 6.60. The Balaban J connectivity index is 1.86. The third kappa shape index (κ3) is 3.52. The van der Waals surface area contributed by atoms with Crippen molar-refractivity contribution in [2.24, 2.45) is 39.4 Å². The number of aliphatic carboxylic acids is 1. The summed E-state index contributed by atoms with van der Waals surface area (Å²) in [5.74, 6) is -3.99. The zero-order valence-corrected chi connectivity index (χ0v) is 23.4. The van der Waals surface area contributed by atoms with Gasteiger partial charge in [0.2, 0.25) is 0 Å². The van der Waals surface area contributed by atoms with Gasteiger partial charge in [-0.05, 0) is 50.2 Å². The maximum atomic E-state index is 14.1. The highest BCUT2D eigenvalue weighted by Gasteiger charge is 2.73. The summed E-state index contributed by atoms with van der Waals surface area (Å²) in [4.78, 5) is 64.6. The molecular formula is C30H40O8. The highest BCUT2D eigenvalue weighted by molar-refractivity contribution is 6.08. The maximum absolute atomic E-state index is 14.1. The van der Waals surface area contributed by atoms with E-state index in [2.05, 4.69) is 0 Å². The van der Waals surface area contributed by atoms with E-state index in [1.54, 1.807) is 20.8 Å². The van der Waals surface area contributed by atoms with E-state index in [0.717, 1.165) is 0 Å². The Morgan fingerprint density at radius 2 is 1.66 bits per heavy atom. The Hall–Kier alpha value is -2.45. The molecule has 2 unspecified atom stereocenters. The van der Waals surface area contributed by atoms with Gasteiger partial charge in [0.1, 0.15) is 17.7 Å². The number of hydrogen-bond donors (Lipinski definition) is 3. The molecule has 8 nitrogen and oxygen atoms in total. The van der Waals surface area contributed by atoms with Crippen LogP contribution in [0.4, 0.5) is 0 Å². The van der Waals surface area contributed by atoms with E-state index in [0.29, 0.717) is 23.1 Å². The monoisotopic (exact) mass is 528 g/mol. The van der Waals surface area contributed by atoms with Gasteiger partial charge in [-0.3, -0.25) is 24.0 Å². The minimum atomic E-state index is -1.55. The minimum absolute atomic E-state index is 0.0188. The number of ketones is 4. The lowest BCUT2D eigenvalue weighted by atomic mass is 9.42. The second-order valence-electron chi connectivity index (χ2n) is 13.3. The topological polar surface area (TPSA) is 146 Å². The molecule has 4 aliphatic carbocycles. The van der Waals surface area contributed by atoms with Crippen LogP contribution in [0.2, 0.25) is 0 Å². The molecule has 0 radical (unpaired) electrons. The van der Waals surface area contributed by atoms with E-state index in [9.17, 15) is 34.2 Å². The molecule has 0 aromatic rings. The lowest BCUT2D eigenvalue weighted by Crippen LogP contribution is -2.64. The lowest BCUT2D eigenvalue weighted by Gasteiger charge is -2.61. The summed E-state index contributed by atoms with van der Waals surface area (Å²) in [7, 11) is 0. The van der Waals surface area contributed by atoms with Gasteiger partial charge in [-0.2, -0.15) is 0 Å². The molecule has 2 fully saturated rings. The van der Waals surface area contributed by atoms with Crippen LogP contribution in [0.25, 0.3) is 0 Å². The van der Waals surface area contributed by atoms with Crippen LogP contribution in [-0.4, -0.2) is 56.6 Å². The molecule has 0 bridgehead atoms. The summed E-state index contributed by atoms with van der Waals surface area (Å²) in [5, 5.41) is 32.4. The molecule has 4 rings (SSSR count). The first-order valence-corrected chi connectivity index (χ1v) is 13.5. The molecule has 3 N–H and O–H groups in total. The molecule has 2 saturated carbocycles. The molecule has 4 aliphatic rings. The van der Waals surface area contributed by atoms with Crippen LogP contribution in [0, 0.1) is 39.4 Å². The smallest absolute Gasteiger partial charge is 0.306 e. The van der Waals surface area contributed by atoms with Crippen molar-refractivity contribution in [3.63, 3.8) is 0 Å². The summed E-state index contributed by atoms with van der Waals surface area (Å²) in [5.41, 5.74) is -3.05. The first-order chi connectivity index (χ1) is 17.4. The molecular weight excluding hydrogens is 488 g/mol. The number of allylic oxidation sites excluding steroid dienone is 2. The fourth-order valence-electron chi connectivity index (χ4n) is 8.53. The molecule has 8 heteroatoms. The molecule has 8 atom stereocenters. The van der Waals surface area contributed by atoms with Crippen LogP contribution in [0.3, 0.4) is 0 Å². The van der Waals surface area contributed by atoms with E-state index in [-0.39, 0.29) is 43.2 Å². The van der Waals surface area contributed by atoms with E-state index >= 15 is 0 Å². The predicted molar refractivity (Wildman–Crippen MR) is 138 cm³/mol. The number of aliphatic hydroxyl groups excluding tert-OH is 2. The first-order valence-electron chi connectivity index (χ1n) is 13.5. The lowest BCUT2D eigenvalue weighted by molar-refractivity contribution is -0.156. The number of fused-ring (bicyclic) bond motifs is 4. The standard InChI is InChI=1S/C30H40O8/c1-14(10-16(31)11-15(2)26(37)38)17-12-21(34)30(7)22-18(32)13-19-27(3,4)20(33)8-9-28(19,5)23(22)24(35)25(36)29(17,30)6/h10,15,17-19,25,32,36H,8-9,11-13H2,1-7H3,(H,37,38)/b14-10+/t15-,17?,18-,19?,25+,28-,29-,30-/m0/s1. The fraction of sp³-hybridized carbons (Fsp3) is 0.700. The summed E-state index contributed by atoms with van der Waals surface area (Å²) in [6.45, 7) is 12.1.